The van der Waals surface area contributed by atoms with Gasteiger partial charge in [0, 0.05) is 11.0 Å². The van der Waals surface area contributed by atoms with Crippen LogP contribution in [0.2, 0.25) is 0 Å². The molecule has 0 spiro atoms. The van der Waals surface area contributed by atoms with E-state index in [0.717, 1.165) is 18.6 Å². The number of nitro groups is 1. The highest BCUT2D eigenvalue weighted by molar-refractivity contribution is 8.13. The molecule has 1 amide bonds. The largest absolute Gasteiger partial charge is 0.433 e. The van der Waals surface area contributed by atoms with Gasteiger partial charge in [0.05, 0.1) is 11.4 Å². The van der Waals surface area contributed by atoms with Gasteiger partial charge in [-0.1, -0.05) is 56.1 Å². The van der Waals surface area contributed by atoms with Gasteiger partial charge < -0.3 is 4.42 Å². The second-order valence-corrected chi connectivity index (χ2v) is 8.40. The number of fused-ring (bicyclic) bond motifs is 2. The summed E-state index contributed by atoms with van der Waals surface area (Å²) >= 11 is 1.52. The maximum absolute atomic E-state index is 13.0. The molecule has 166 valence electrons. The lowest BCUT2D eigenvalue weighted by Gasteiger charge is -2.32. The fraction of sp³-hybridized carbons (Fsp3) is 0.318. The van der Waals surface area contributed by atoms with Crippen molar-refractivity contribution >= 4 is 40.5 Å². The highest BCUT2D eigenvalue weighted by atomic mass is 32.2. The first-order valence-corrected chi connectivity index (χ1v) is 11.5. The third-order valence-electron chi connectivity index (χ3n) is 5.01. The number of furan rings is 1. The first kappa shape index (κ1) is 21.8. The molecule has 0 unspecified atom stereocenters. The Morgan fingerprint density at radius 3 is 2.88 bits per heavy atom. The highest BCUT2D eigenvalue weighted by Gasteiger charge is 2.32. The molecule has 3 heterocycles. The molecule has 0 fully saturated rings. The number of thioether (sulfide) groups is 1. The Morgan fingerprint density at radius 1 is 1.25 bits per heavy atom. The van der Waals surface area contributed by atoms with Crippen LogP contribution in [0.15, 0.2) is 57.0 Å². The van der Waals surface area contributed by atoms with Crippen LogP contribution in [0.25, 0.3) is 11.8 Å². The van der Waals surface area contributed by atoms with Crippen molar-refractivity contribution in [2.45, 2.75) is 38.8 Å². The van der Waals surface area contributed by atoms with Crippen molar-refractivity contribution in [3.8, 4) is 0 Å². The van der Waals surface area contributed by atoms with Crippen LogP contribution in [-0.4, -0.2) is 32.9 Å². The summed E-state index contributed by atoms with van der Waals surface area (Å²) in [4.78, 5) is 28.0. The molecule has 0 radical (unpaired) electrons. The van der Waals surface area contributed by atoms with Crippen molar-refractivity contribution in [1.29, 1.82) is 0 Å². The summed E-state index contributed by atoms with van der Waals surface area (Å²) in [6.45, 7) is 2.17. The number of benzene rings is 1. The van der Waals surface area contributed by atoms with Gasteiger partial charge in [-0.15, -0.1) is 5.10 Å². The summed E-state index contributed by atoms with van der Waals surface area (Å²) in [6.07, 6.45) is 7.29. The van der Waals surface area contributed by atoms with Gasteiger partial charge in [-0.2, -0.15) is 0 Å². The molecule has 0 saturated heterocycles. The number of carbonyl (C=O) groups excluding carboxylic acids is 1. The van der Waals surface area contributed by atoms with E-state index in [9.17, 15) is 14.9 Å². The lowest BCUT2D eigenvalue weighted by atomic mass is 10.1. The van der Waals surface area contributed by atoms with Crippen molar-refractivity contribution in [3.63, 3.8) is 0 Å². The smallest absolute Gasteiger partial charge is 0.401 e. The molecule has 1 N–H and O–H groups in total. The number of hydrogen-bond donors (Lipinski definition) is 1. The Balaban J connectivity index is 1.63. The van der Waals surface area contributed by atoms with E-state index in [1.54, 1.807) is 17.2 Å². The predicted octanol–water partition coefficient (Wildman–Crippen LogP) is 2.99. The number of hydrogen-bond acceptors (Lipinski definition) is 8. The Bertz CT molecular complexity index is 1200. The minimum Gasteiger partial charge on any atom is -0.401 e. The summed E-state index contributed by atoms with van der Waals surface area (Å²) in [7, 11) is 0. The molecule has 1 atom stereocenters. The summed E-state index contributed by atoms with van der Waals surface area (Å²) < 4.78 is 5.20. The van der Waals surface area contributed by atoms with Gasteiger partial charge in [-0.3, -0.25) is 25.2 Å². The number of nitrogens with zero attached hydrogens (tertiary/aromatic N) is 4. The van der Waals surface area contributed by atoms with Crippen LogP contribution < -0.4 is 15.9 Å². The van der Waals surface area contributed by atoms with Gasteiger partial charge in [-0.05, 0) is 30.7 Å². The quantitative estimate of drug-likeness (QED) is 0.373. The number of unbranched alkanes of at least 4 members (excludes halogenated alkanes) is 3. The Hall–Kier alpha value is -3.40. The van der Waals surface area contributed by atoms with Crippen LogP contribution >= 0.6 is 11.8 Å². The summed E-state index contributed by atoms with van der Waals surface area (Å²) in [6, 6.07) is 10.2. The number of carbonyl (C=O) groups is 1. The number of nitrogens with one attached hydrogen (secondary N) is 1. The normalized spacial score (nSPS) is 17.5. The van der Waals surface area contributed by atoms with Crippen LogP contribution in [0.1, 0.15) is 38.4 Å². The molecule has 0 saturated carbocycles. The van der Waals surface area contributed by atoms with Gasteiger partial charge >= 0.3 is 5.88 Å². The van der Waals surface area contributed by atoms with E-state index in [1.165, 1.54) is 36.7 Å². The van der Waals surface area contributed by atoms with E-state index in [-0.39, 0.29) is 11.8 Å². The topological polar surface area (TPSA) is 113 Å². The molecule has 2 aromatic rings. The monoisotopic (exact) mass is 453 g/mol. The van der Waals surface area contributed by atoms with E-state index in [0.29, 0.717) is 27.2 Å². The Labute approximate surface area is 188 Å². The average Bonchev–Trinajstić information content (AvgIpc) is 3.26. The molecule has 9 nitrogen and oxygen atoms in total. The Kier molecular flexibility index (Phi) is 6.69. The number of amides is 1. The number of rotatable bonds is 8. The van der Waals surface area contributed by atoms with Crippen LogP contribution in [0.4, 0.5) is 5.88 Å². The molecule has 32 heavy (non-hydrogen) atoms. The van der Waals surface area contributed by atoms with Crippen molar-refractivity contribution < 1.29 is 14.1 Å². The van der Waals surface area contributed by atoms with Gasteiger partial charge in [-0.25, -0.2) is 5.01 Å². The van der Waals surface area contributed by atoms with E-state index in [2.05, 4.69) is 17.3 Å². The average molecular weight is 454 g/mol. The van der Waals surface area contributed by atoms with Gasteiger partial charge in [0.25, 0.3) is 5.91 Å². The summed E-state index contributed by atoms with van der Waals surface area (Å²) in [5.41, 5.74) is 0.422. The number of para-hydroxylation sites is 1. The molecule has 4 rings (SSSR count). The number of amidine groups is 1. The minimum atomic E-state index is -0.592. The number of hydrazone groups is 1. The van der Waals surface area contributed by atoms with Crippen LogP contribution in [0, 0.1) is 10.1 Å². The zero-order valence-electron chi connectivity index (χ0n) is 17.6. The third-order valence-corrected chi connectivity index (χ3v) is 5.96. The first-order chi connectivity index (χ1) is 15.6. The second kappa shape index (κ2) is 9.82. The second-order valence-electron chi connectivity index (χ2n) is 7.31. The van der Waals surface area contributed by atoms with Crippen LogP contribution in [0.5, 0.6) is 0 Å². The van der Waals surface area contributed by atoms with Crippen LogP contribution in [-0.2, 0) is 4.79 Å². The zero-order chi connectivity index (χ0) is 22.5. The van der Waals surface area contributed by atoms with Gasteiger partial charge in [0.2, 0.25) is 0 Å². The van der Waals surface area contributed by atoms with Crippen LogP contribution in [0.3, 0.4) is 0 Å². The minimum absolute atomic E-state index is 0.231. The third kappa shape index (κ3) is 4.75. The highest BCUT2D eigenvalue weighted by Crippen LogP contribution is 2.23. The standard InChI is InChI=1S/C22H23N5O4S/c1-2-3-4-7-14-32-22-24-21(28)20-16-8-5-6-9-17(16)23-18(26(20)25-22)12-10-15-11-13-19(31-15)27(29)30/h5-6,8-13,18H,2-4,7,14H2,1H3,(H,24,25,28)/b12-10+/t18-/m0/s1. The van der Waals surface area contributed by atoms with Gasteiger partial charge in [0.15, 0.2) is 11.3 Å². The molecular formula is C22H23N5O4S. The first-order valence-electron chi connectivity index (χ1n) is 10.5. The van der Waals surface area contributed by atoms with E-state index >= 15 is 0 Å². The lowest BCUT2D eigenvalue weighted by Crippen LogP contribution is -2.52. The van der Waals surface area contributed by atoms with E-state index < -0.39 is 11.1 Å². The molecule has 0 bridgehead atoms. The van der Waals surface area contributed by atoms with Crippen molar-refractivity contribution in [2.75, 3.05) is 5.75 Å². The SMILES string of the molecule is CCCCCCSC1=NN2C(=c3ccccc3=N[C@@H]2/C=C/c2ccc([N+](=O)[O-])o2)C(=O)N1. The molecule has 1 aromatic carbocycles. The maximum atomic E-state index is 13.0. The molecular weight excluding hydrogens is 430 g/mol. The maximum Gasteiger partial charge on any atom is 0.433 e. The van der Waals surface area contributed by atoms with Crippen molar-refractivity contribution in [2.24, 2.45) is 10.1 Å². The molecule has 2 aliphatic heterocycles. The summed E-state index contributed by atoms with van der Waals surface area (Å²) in [5.74, 6) is 0.626. The van der Waals surface area contributed by atoms with E-state index in [1.807, 2.05) is 24.3 Å². The van der Waals surface area contributed by atoms with E-state index in [4.69, 9.17) is 9.41 Å². The molecule has 10 heteroatoms. The molecule has 1 aromatic heterocycles. The predicted molar refractivity (Wildman–Crippen MR) is 123 cm³/mol. The fourth-order valence-corrected chi connectivity index (χ4v) is 4.30. The zero-order valence-corrected chi connectivity index (χ0v) is 18.4. The summed E-state index contributed by atoms with van der Waals surface area (Å²) in [5, 5.41) is 21.9. The lowest BCUT2D eigenvalue weighted by molar-refractivity contribution is -0.402. The fourth-order valence-electron chi connectivity index (χ4n) is 3.45. The van der Waals surface area contributed by atoms with Gasteiger partial charge in [0.1, 0.15) is 16.4 Å². The van der Waals surface area contributed by atoms with Crippen molar-refractivity contribution in [1.82, 2.24) is 10.3 Å². The Morgan fingerprint density at radius 2 is 2.09 bits per heavy atom. The molecule has 0 aliphatic carbocycles. The molecule has 2 aliphatic rings. The van der Waals surface area contributed by atoms with Crippen molar-refractivity contribution in [3.05, 3.63) is 68.9 Å².